The molecule has 1 fully saturated rings. The molecule has 0 unspecified atom stereocenters. The number of carbonyl (C=O) groups excluding carboxylic acids is 1. The number of nitrogens with zero attached hydrogens (tertiary/aromatic N) is 4. The highest BCUT2D eigenvalue weighted by molar-refractivity contribution is 7.20. The van der Waals surface area contributed by atoms with E-state index in [0.717, 1.165) is 33.6 Å². The number of amides is 2. The molecule has 1 aliphatic rings. The third kappa shape index (κ3) is 4.88. The maximum atomic E-state index is 13.4. The van der Waals surface area contributed by atoms with E-state index in [1.165, 1.54) is 17.7 Å². The maximum absolute atomic E-state index is 13.4. The summed E-state index contributed by atoms with van der Waals surface area (Å²) in [6.07, 6.45) is 1.48. The smallest absolute Gasteiger partial charge is 0.323 e. The normalized spacial score (nSPS) is 13.3. The van der Waals surface area contributed by atoms with Crippen molar-refractivity contribution in [2.75, 3.05) is 41.8 Å². The lowest BCUT2D eigenvalue weighted by atomic mass is 10.0. The Labute approximate surface area is 208 Å². The number of thiophene rings is 1. The molecule has 3 N–H and O–H groups in total. The lowest BCUT2D eigenvalue weighted by Crippen LogP contribution is -2.36. The maximum Gasteiger partial charge on any atom is 0.323 e. The molecule has 9 nitrogen and oxygen atoms in total. The van der Waals surface area contributed by atoms with Gasteiger partial charge in [-0.15, -0.1) is 11.3 Å². The highest BCUT2D eigenvalue weighted by Crippen LogP contribution is 2.46. The molecule has 2 amide bonds. The number of ether oxygens (including phenoxy) is 1. The van der Waals surface area contributed by atoms with Crippen molar-refractivity contribution < 1.29 is 18.3 Å². The number of rotatable bonds is 5. The number of halogens is 2. The predicted octanol–water partition coefficient (Wildman–Crippen LogP) is 4.83. The summed E-state index contributed by atoms with van der Waals surface area (Å²) in [5.41, 5.74) is 2.42. The van der Waals surface area contributed by atoms with Crippen LogP contribution in [0.4, 0.5) is 30.0 Å². The first-order chi connectivity index (χ1) is 17.5. The van der Waals surface area contributed by atoms with Gasteiger partial charge in [-0.05, 0) is 29.8 Å². The van der Waals surface area contributed by atoms with Gasteiger partial charge in [0.2, 0.25) is 0 Å². The fraction of sp³-hybridized carbons (Fsp3) is 0.167. The van der Waals surface area contributed by atoms with E-state index >= 15 is 0 Å². The molecule has 0 radical (unpaired) electrons. The third-order valence-corrected chi connectivity index (χ3v) is 6.72. The molecule has 1 aliphatic heterocycles. The van der Waals surface area contributed by atoms with Crippen molar-refractivity contribution >= 4 is 33.7 Å². The summed E-state index contributed by atoms with van der Waals surface area (Å²) in [5.74, 6) is -1.11. The summed E-state index contributed by atoms with van der Waals surface area (Å²) < 4.78 is 32.2. The molecular formula is C24H19F2N7O2S. The Balaban J connectivity index is 1.42. The summed E-state index contributed by atoms with van der Waals surface area (Å²) in [4.78, 5) is 19.5. The van der Waals surface area contributed by atoms with E-state index in [9.17, 15) is 18.8 Å². The van der Waals surface area contributed by atoms with Crippen LogP contribution in [-0.4, -0.2) is 47.5 Å². The molecule has 0 bridgehead atoms. The summed E-state index contributed by atoms with van der Waals surface area (Å²) in [5, 5.41) is 22.9. The van der Waals surface area contributed by atoms with Crippen LogP contribution in [0.25, 0.3) is 21.8 Å². The first-order valence-corrected chi connectivity index (χ1v) is 11.7. The summed E-state index contributed by atoms with van der Waals surface area (Å²) in [7, 11) is 0. The number of nitriles is 1. The average Bonchev–Trinajstić information content (AvgIpc) is 3.52. The van der Waals surface area contributed by atoms with E-state index in [2.05, 4.69) is 36.8 Å². The van der Waals surface area contributed by atoms with Crippen molar-refractivity contribution in [1.29, 1.82) is 5.26 Å². The molecule has 2 aromatic heterocycles. The van der Waals surface area contributed by atoms with E-state index in [4.69, 9.17) is 4.74 Å². The predicted molar refractivity (Wildman–Crippen MR) is 132 cm³/mol. The van der Waals surface area contributed by atoms with Crippen LogP contribution < -0.4 is 15.5 Å². The molecule has 0 saturated carbocycles. The lowest BCUT2D eigenvalue weighted by molar-refractivity contribution is 0.123. The van der Waals surface area contributed by atoms with Crippen LogP contribution in [0.5, 0.6) is 0 Å². The minimum atomic E-state index is -0.794. The molecule has 3 heterocycles. The van der Waals surface area contributed by atoms with Crippen LogP contribution in [-0.2, 0) is 4.74 Å². The second-order valence-corrected chi connectivity index (χ2v) is 8.83. The third-order valence-electron chi connectivity index (χ3n) is 5.47. The van der Waals surface area contributed by atoms with Crippen LogP contribution in [0.15, 0.2) is 48.8 Å². The summed E-state index contributed by atoms with van der Waals surface area (Å²) in [6, 6.07) is 11.4. The van der Waals surface area contributed by atoms with Gasteiger partial charge in [0.25, 0.3) is 0 Å². The van der Waals surface area contributed by atoms with Crippen molar-refractivity contribution in [1.82, 2.24) is 15.2 Å². The second kappa shape index (κ2) is 10.1. The van der Waals surface area contributed by atoms with Gasteiger partial charge in [-0.2, -0.15) is 10.4 Å². The van der Waals surface area contributed by atoms with Gasteiger partial charge in [0, 0.05) is 36.1 Å². The summed E-state index contributed by atoms with van der Waals surface area (Å²) in [6.45, 7) is 2.52. The molecule has 36 heavy (non-hydrogen) atoms. The zero-order chi connectivity index (χ0) is 25.1. The minimum absolute atomic E-state index is 0.00894. The van der Waals surface area contributed by atoms with Crippen LogP contribution in [0.3, 0.4) is 0 Å². The molecule has 2 aromatic carbocycles. The van der Waals surface area contributed by atoms with Crippen molar-refractivity contribution in [3.63, 3.8) is 0 Å². The highest BCUT2D eigenvalue weighted by Gasteiger charge is 2.26. The Bertz CT molecular complexity index is 1410. The topological polar surface area (TPSA) is 119 Å². The van der Waals surface area contributed by atoms with E-state index in [1.807, 2.05) is 0 Å². The fourth-order valence-electron chi connectivity index (χ4n) is 3.90. The molecule has 0 aliphatic carbocycles. The molecule has 0 spiro atoms. The van der Waals surface area contributed by atoms with Crippen LogP contribution in [0.1, 0.15) is 5.56 Å². The molecular weight excluding hydrogens is 488 g/mol. The van der Waals surface area contributed by atoms with Crippen molar-refractivity contribution in [2.45, 2.75) is 0 Å². The average molecular weight is 508 g/mol. The Hall–Kier alpha value is -4.34. The summed E-state index contributed by atoms with van der Waals surface area (Å²) >= 11 is 1.45. The van der Waals surface area contributed by atoms with Gasteiger partial charge in [0.1, 0.15) is 29.0 Å². The van der Waals surface area contributed by atoms with Gasteiger partial charge in [0.05, 0.1) is 23.7 Å². The largest absolute Gasteiger partial charge is 0.378 e. The molecule has 5 rings (SSSR count). The number of H-pyrrole nitrogens is 1. The van der Waals surface area contributed by atoms with E-state index in [-0.39, 0.29) is 5.69 Å². The minimum Gasteiger partial charge on any atom is -0.378 e. The Morgan fingerprint density at radius 3 is 2.42 bits per heavy atom. The van der Waals surface area contributed by atoms with Crippen molar-refractivity contribution in [3.05, 3.63) is 66.0 Å². The standard InChI is InChI=1S/C24H19F2N7O2S/c25-15-9-16(26)11-18(10-15)31-24(34)30-17-3-1-14(2-4-17)20-19(12-27)23(33-5-7-35-8-6-33)36-21(20)22-28-13-29-32-22/h1-4,9-11,13H,5-8H2,(H,28,29,32)(H2,30,31,34). The second-order valence-electron chi connectivity index (χ2n) is 7.83. The number of anilines is 3. The number of hydrogen-bond acceptors (Lipinski definition) is 7. The number of morpholine rings is 1. The Morgan fingerprint density at radius 2 is 1.78 bits per heavy atom. The van der Waals surface area contributed by atoms with Gasteiger partial charge in [-0.1, -0.05) is 12.1 Å². The SMILES string of the molecule is N#Cc1c(N2CCOCC2)sc(-c2nc[nH]n2)c1-c1ccc(NC(=O)Nc2cc(F)cc(F)c2)cc1. The lowest BCUT2D eigenvalue weighted by Gasteiger charge is -2.27. The van der Waals surface area contributed by atoms with Crippen LogP contribution in [0, 0.1) is 23.0 Å². The monoisotopic (exact) mass is 507 g/mol. The van der Waals surface area contributed by atoms with Crippen LogP contribution in [0.2, 0.25) is 0 Å². The molecule has 0 atom stereocenters. The van der Waals surface area contributed by atoms with E-state index in [1.54, 1.807) is 24.3 Å². The Kier molecular flexibility index (Phi) is 6.57. The number of benzene rings is 2. The van der Waals surface area contributed by atoms with Gasteiger partial charge in [0.15, 0.2) is 5.82 Å². The number of nitrogens with one attached hydrogen (secondary N) is 3. The highest BCUT2D eigenvalue weighted by atomic mass is 32.1. The number of hydrogen-bond donors (Lipinski definition) is 3. The number of urea groups is 1. The van der Waals surface area contributed by atoms with Crippen molar-refractivity contribution in [3.8, 4) is 27.9 Å². The Morgan fingerprint density at radius 1 is 1.08 bits per heavy atom. The fourth-order valence-corrected chi connectivity index (χ4v) is 5.17. The van der Waals surface area contributed by atoms with Gasteiger partial charge >= 0.3 is 6.03 Å². The molecule has 4 aromatic rings. The first-order valence-electron chi connectivity index (χ1n) is 10.9. The number of aromatic amines is 1. The first kappa shape index (κ1) is 23.4. The van der Waals surface area contributed by atoms with Crippen LogP contribution >= 0.6 is 11.3 Å². The van der Waals surface area contributed by atoms with Gasteiger partial charge < -0.3 is 20.3 Å². The zero-order valence-electron chi connectivity index (χ0n) is 18.7. The number of aromatic nitrogens is 3. The molecule has 182 valence electrons. The van der Waals surface area contributed by atoms with Crippen molar-refractivity contribution in [2.24, 2.45) is 0 Å². The molecule has 12 heteroatoms. The molecule has 1 saturated heterocycles. The quantitative estimate of drug-likeness (QED) is 0.356. The van der Waals surface area contributed by atoms with E-state index < -0.39 is 17.7 Å². The zero-order valence-corrected chi connectivity index (χ0v) is 19.5. The van der Waals surface area contributed by atoms with E-state index in [0.29, 0.717) is 48.9 Å². The number of carbonyl (C=O) groups is 1. The van der Waals surface area contributed by atoms with Gasteiger partial charge in [-0.25, -0.2) is 18.6 Å². The van der Waals surface area contributed by atoms with Gasteiger partial charge in [-0.3, -0.25) is 5.10 Å².